The Morgan fingerprint density at radius 1 is 1.50 bits per heavy atom. The zero-order chi connectivity index (χ0) is 14.5. The number of thioether (sulfide) groups is 1. The predicted octanol–water partition coefficient (Wildman–Crippen LogP) is 2.56. The average Bonchev–Trinajstić information content (AvgIpc) is 2.76. The number of benzene rings is 1. The molecule has 0 aliphatic heterocycles. The first-order valence-corrected chi connectivity index (χ1v) is 7.41. The summed E-state index contributed by atoms with van der Waals surface area (Å²) in [5, 5.41) is 9.59. The lowest BCUT2D eigenvalue weighted by atomic mass is 10.2. The van der Waals surface area contributed by atoms with Gasteiger partial charge in [-0.15, -0.1) is 0 Å². The van der Waals surface area contributed by atoms with Gasteiger partial charge in [0.25, 0.3) is 0 Å². The molecule has 0 bridgehead atoms. The summed E-state index contributed by atoms with van der Waals surface area (Å²) in [5.74, 6) is -0.811. The monoisotopic (exact) mass is 294 g/mol. The highest BCUT2D eigenvalue weighted by Crippen LogP contribution is 2.26. The van der Waals surface area contributed by atoms with Gasteiger partial charge in [-0.05, 0) is 25.0 Å². The summed E-state index contributed by atoms with van der Waals surface area (Å²) in [6.07, 6.45) is 0.872. The Bertz CT molecular complexity index is 610. The van der Waals surface area contributed by atoms with E-state index in [4.69, 9.17) is 9.84 Å². The largest absolute Gasteiger partial charge is 0.481 e. The van der Waals surface area contributed by atoms with Crippen molar-refractivity contribution in [2.45, 2.75) is 25.0 Å². The lowest BCUT2D eigenvalue weighted by molar-refractivity contribution is -0.133. The van der Waals surface area contributed by atoms with Gasteiger partial charge in [0.1, 0.15) is 0 Å². The van der Waals surface area contributed by atoms with E-state index in [2.05, 4.69) is 9.55 Å². The minimum absolute atomic E-state index is 0.0205. The quantitative estimate of drug-likeness (QED) is 0.628. The summed E-state index contributed by atoms with van der Waals surface area (Å²) in [6.45, 7) is 3.49. The maximum absolute atomic E-state index is 10.7. The molecule has 20 heavy (non-hydrogen) atoms. The molecule has 1 N–H and O–H groups in total. The second kappa shape index (κ2) is 6.76. The van der Waals surface area contributed by atoms with Crippen molar-refractivity contribution in [3.8, 4) is 0 Å². The van der Waals surface area contributed by atoms with Crippen LogP contribution in [-0.2, 0) is 16.1 Å². The fourth-order valence-corrected chi connectivity index (χ4v) is 2.91. The van der Waals surface area contributed by atoms with Crippen molar-refractivity contribution in [1.29, 1.82) is 0 Å². The number of para-hydroxylation sites is 1. The molecular weight excluding hydrogens is 276 g/mol. The van der Waals surface area contributed by atoms with Gasteiger partial charge in [0.05, 0.1) is 16.8 Å². The predicted molar refractivity (Wildman–Crippen MR) is 79.3 cm³/mol. The number of aliphatic carboxylic acids is 1. The van der Waals surface area contributed by atoms with Crippen molar-refractivity contribution in [1.82, 2.24) is 9.55 Å². The minimum Gasteiger partial charge on any atom is -0.481 e. The number of carboxylic acid groups (broad SMARTS) is 1. The molecule has 0 radical (unpaired) electrons. The highest BCUT2D eigenvalue weighted by molar-refractivity contribution is 7.99. The van der Waals surface area contributed by atoms with E-state index in [-0.39, 0.29) is 5.75 Å². The molecule has 0 aliphatic rings. The topological polar surface area (TPSA) is 64.3 Å². The number of carboxylic acids is 1. The Morgan fingerprint density at radius 2 is 2.30 bits per heavy atom. The first-order chi connectivity index (χ1) is 9.63. The van der Waals surface area contributed by atoms with E-state index < -0.39 is 5.97 Å². The molecule has 0 aliphatic carbocycles. The molecule has 6 heteroatoms. The van der Waals surface area contributed by atoms with Crippen molar-refractivity contribution >= 4 is 28.8 Å². The van der Waals surface area contributed by atoms with Crippen LogP contribution in [0, 0.1) is 6.92 Å². The summed E-state index contributed by atoms with van der Waals surface area (Å²) >= 11 is 1.26. The molecular formula is C14H18N2O3S. The molecule has 1 aromatic heterocycles. The first kappa shape index (κ1) is 14.9. The lowest BCUT2D eigenvalue weighted by Crippen LogP contribution is -2.05. The molecule has 2 rings (SSSR count). The summed E-state index contributed by atoms with van der Waals surface area (Å²) in [5.41, 5.74) is 3.14. The van der Waals surface area contributed by atoms with E-state index >= 15 is 0 Å². The maximum atomic E-state index is 10.7. The number of methoxy groups -OCH3 is 1. The van der Waals surface area contributed by atoms with Crippen molar-refractivity contribution < 1.29 is 14.6 Å². The molecule has 108 valence electrons. The molecule has 0 amide bonds. The van der Waals surface area contributed by atoms with E-state index in [9.17, 15) is 4.79 Å². The van der Waals surface area contributed by atoms with Crippen LogP contribution in [0.1, 0.15) is 12.0 Å². The van der Waals surface area contributed by atoms with Gasteiger partial charge >= 0.3 is 5.97 Å². The van der Waals surface area contributed by atoms with Crippen LogP contribution in [0.15, 0.2) is 23.4 Å². The second-order valence-corrected chi connectivity index (χ2v) is 5.46. The van der Waals surface area contributed by atoms with Gasteiger partial charge < -0.3 is 14.4 Å². The van der Waals surface area contributed by atoms with Gasteiger partial charge in [-0.3, -0.25) is 4.79 Å². The molecule has 0 spiro atoms. The van der Waals surface area contributed by atoms with Gasteiger partial charge in [0.15, 0.2) is 5.16 Å². The minimum atomic E-state index is -0.831. The number of fused-ring (bicyclic) bond motifs is 1. The van der Waals surface area contributed by atoms with Crippen LogP contribution >= 0.6 is 11.8 Å². The molecule has 0 saturated heterocycles. The summed E-state index contributed by atoms with van der Waals surface area (Å²) in [6, 6.07) is 5.97. The Labute approximate surface area is 121 Å². The van der Waals surface area contributed by atoms with Crippen LogP contribution in [0.3, 0.4) is 0 Å². The van der Waals surface area contributed by atoms with E-state index in [0.717, 1.165) is 34.7 Å². The van der Waals surface area contributed by atoms with Crippen LogP contribution in [0.4, 0.5) is 0 Å². The van der Waals surface area contributed by atoms with E-state index in [1.54, 1.807) is 7.11 Å². The molecule has 0 fully saturated rings. The lowest BCUT2D eigenvalue weighted by Gasteiger charge is -2.09. The Hall–Kier alpha value is -1.53. The van der Waals surface area contributed by atoms with Gasteiger partial charge in [-0.2, -0.15) is 0 Å². The molecule has 2 aromatic rings. The Balaban J connectivity index is 2.35. The summed E-state index contributed by atoms with van der Waals surface area (Å²) < 4.78 is 7.18. The van der Waals surface area contributed by atoms with Crippen LogP contribution in [-0.4, -0.2) is 40.1 Å². The third-order valence-electron chi connectivity index (χ3n) is 2.99. The van der Waals surface area contributed by atoms with Crippen molar-refractivity contribution in [3.63, 3.8) is 0 Å². The fourth-order valence-electron chi connectivity index (χ4n) is 2.15. The molecule has 1 heterocycles. The number of hydrogen-bond donors (Lipinski definition) is 1. The number of carbonyl (C=O) groups is 1. The third kappa shape index (κ3) is 3.32. The normalized spacial score (nSPS) is 11.1. The maximum Gasteiger partial charge on any atom is 0.313 e. The average molecular weight is 294 g/mol. The summed E-state index contributed by atoms with van der Waals surface area (Å²) in [7, 11) is 1.68. The number of imidazole rings is 1. The van der Waals surface area contributed by atoms with Gasteiger partial charge in [-0.25, -0.2) is 4.98 Å². The third-order valence-corrected chi connectivity index (χ3v) is 3.95. The Kier molecular flexibility index (Phi) is 5.03. The SMILES string of the molecule is COCCCn1c(SCC(=O)O)nc2cccc(C)c21. The van der Waals surface area contributed by atoms with Crippen molar-refractivity contribution in [3.05, 3.63) is 23.8 Å². The number of hydrogen-bond acceptors (Lipinski definition) is 4. The number of rotatable bonds is 7. The highest BCUT2D eigenvalue weighted by atomic mass is 32.2. The van der Waals surface area contributed by atoms with Gasteiger partial charge in [0.2, 0.25) is 0 Å². The zero-order valence-electron chi connectivity index (χ0n) is 11.6. The number of nitrogens with zero attached hydrogens (tertiary/aromatic N) is 2. The standard InChI is InChI=1S/C14H18N2O3S/c1-10-5-3-6-11-13(10)16(7-4-8-19-2)14(15-11)20-9-12(17)18/h3,5-6H,4,7-9H2,1-2H3,(H,17,18). The summed E-state index contributed by atoms with van der Waals surface area (Å²) in [4.78, 5) is 15.3. The molecule has 0 atom stereocenters. The van der Waals surface area contributed by atoms with E-state index in [0.29, 0.717) is 6.61 Å². The fraction of sp³-hybridized carbons (Fsp3) is 0.429. The van der Waals surface area contributed by atoms with Crippen molar-refractivity contribution in [2.75, 3.05) is 19.5 Å². The van der Waals surface area contributed by atoms with E-state index in [1.165, 1.54) is 11.8 Å². The zero-order valence-corrected chi connectivity index (χ0v) is 12.4. The van der Waals surface area contributed by atoms with E-state index in [1.807, 2.05) is 25.1 Å². The van der Waals surface area contributed by atoms with Crippen LogP contribution in [0.5, 0.6) is 0 Å². The highest BCUT2D eigenvalue weighted by Gasteiger charge is 2.13. The first-order valence-electron chi connectivity index (χ1n) is 6.43. The molecule has 0 saturated carbocycles. The van der Waals surface area contributed by atoms with Gasteiger partial charge in [0, 0.05) is 20.3 Å². The van der Waals surface area contributed by atoms with Gasteiger partial charge in [-0.1, -0.05) is 23.9 Å². The molecule has 1 aromatic carbocycles. The molecule has 5 nitrogen and oxygen atoms in total. The Morgan fingerprint density at radius 3 is 3.00 bits per heavy atom. The van der Waals surface area contributed by atoms with Crippen LogP contribution in [0.2, 0.25) is 0 Å². The van der Waals surface area contributed by atoms with Crippen molar-refractivity contribution in [2.24, 2.45) is 0 Å². The number of aryl methyl sites for hydroxylation is 2. The smallest absolute Gasteiger partial charge is 0.313 e. The molecule has 0 unspecified atom stereocenters. The number of aromatic nitrogens is 2. The second-order valence-electron chi connectivity index (χ2n) is 4.52. The van der Waals surface area contributed by atoms with Crippen LogP contribution in [0.25, 0.3) is 11.0 Å². The van der Waals surface area contributed by atoms with Crippen LogP contribution < -0.4 is 0 Å². The number of ether oxygens (including phenoxy) is 1.